The quantitative estimate of drug-likeness (QED) is 0.727. The van der Waals surface area contributed by atoms with Crippen molar-refractivity contribution in [2.24, 2.45) is 5.41 Å². The summed E-state index contributed by atoms with van der Waals surface area (Å²) in [5.74, 6) is 2.44. The second-order valence-electron chi connectivity index (χ2n) is 5.55. The molecule has 5 heteroatoms. The number of aromatic nitrogens is 2. The number of rotatable bonds is 9. The highest BCUT2D eigenvalue weighted by Gasteiger charge is 2.41. The molecule has 2 N–H and O–H groups in total. The van der Waals surface area contributed by atoms with E-state index in [0.29, 0.717) is 18.6 Å². The van der Waals surface area contributed by atoms with Gasteiger partial charge in [-0.3, -0.25) is 0 Å². The maximum absolute atomic E-state index is 5.39. The van der Waals surface area contributed by atoms with E-state index in [9.17, 15) is 0 Å². The molecule has 1 heterocycles. The van der Waals surface area contributed by atoms with Crippen molar-refractivity contribution in [2.75, 3.05) is 30.8 Å². The first-order chi connectivity index (χ1) is 9.71. The highest BCUT2D eigenvalue weighted by atomic mass is 16.5. The Hall–Kier alpha value is -1.36. The van der Waals surface area contributed by atoms with Crippen LogP contribution in [0.25, 0.3) is 0 Å². The van der Waals surface area contributed by atoms with E-state index in [4.69, 9.17) is 4.74 Å². The third-order valence-corrected chi connectivity index (χ3v) is 3.85. The molecule has 0 saturated heterocycles. The topological polar surface area (TPSA) is 59.1 Å². The molecule has 0 atom stereocenters. The first-order valence-corrected chi connectivity index (χ1v) is 7.58. The van der Waals surface area contributed by atoms with Crippen LogP contribution in [0.15, 0.2) is 6.07 Å². The van der Waals surface area contributed by atoms with Gasteiger partial charge in [-0.15, -0.1) is 0 Å². The zero-order valence-electron chi connectivity index (χ0n) is 12.8. The van der Waals surface area contributed by atoms with Gasteiger partial charge >= 0.3 is 0 Å². The second kappa shape index (κ2) is 6.88. The zero-order valence-corrected chi connectivity index (χ0v) is 12.8. The van der Waals surface area contributed by atoms with Gasteiger partial charge in [0.1, 0.15) is 18.2 Å². The largest absolute Gasteiger partial charge is 0.374 e. The summed E-state index contributed by atoms with van der Waals surface area (Å²) >= 11 is 0. The third kappa shape index (κ3) is 4.07. The summed E-state index contributed by atoms with van der Waals surface area (Å²) in [7, 11) is 1.87. The first-order valence-electron chi connectivity index (χ1n) is 7.58. The molecule has 1 aliphatic rings. The van der Waals surface area contributed by atoms with E-state index in [1.807, 2.05) is 20.0 Å². The van der Waals surface area contributed by atoms with Gasteiger partial charge in [0.15, 0.2) is 5.82 Å². The van der Waals surface area contributed by atoms with E-state index in [0.717, 1.165) is 24.0 Å². The maximum Gasteiger partial charge on any atom is 0.158 e. The second-order valence-corrected chi connectivity index (χ2v) is 5.55. The SMILES string of the molecule is CCCC1(CNc2cc(NC)nc(COCC)n2)CC1. The summed E-state index contributed by atoms with van der Waals surface area (Å²) in [5.41, 5.74) is 0.513. The standard InChI is InChI=1S/C15H26N4O/c1-4-6-15(7-8-15)11-17-13-9-12(16-3)18-14(19-13)10-20-5-2/h9H,4-8,10-11H2,1-3H3,(H2,16,17,18,19). The lowest BCUT2D eigenvalue weighted by Crippen LogP contribution is -2.17. The molecule has 0 amide bonds. The molecular formula is C15H26N4O. The van der Waals surface area contributed by atoms with Gasteiger partial charge < -0.3 is 15.4 Å². The lowest BCUT2D eigenvalue weighted by atomic mass is 10.0. The minimum Gasteiger partial charge on any atom is -0.374 e. The molecule has 1 aliphatic carbocycles. The van der Waals surface area contributed by atoms with Gasteiger partial charge in [-0.05, 0) is 31.6 Å². The molecule has 1 aromatic heterocycles. The molecule has 0 aliphatic heterocycles. The van der Waals surface area contributed by atoms with Crippen LogP contribution in [0.2, 0.25) is 0 Å². The van der Waals surface area contributed by atoms with Crippen molar-refractivity contribution >= 4 is 11.6 Å². The van der Waals surface area contributed by atoms with Gasteiger partial charge in [0.25, 0.3) is 0 Å². The first kappa shape index (κ1) is 15.0. The van der Waals surface area contributed by atoms with Crippen molar-refractivity contribution in [1.29, 1.82) is 0 Å². The molecule has 5 nitrogen and oxygen atoms in total. The molecule has 0 bridgehead atoms. The monoisotopic (exact) mass is 278 g/mol. The molecular weight excluding hydrogens is 252 g/mol. The summed E-state index contributed by atoms with van der Waals surface area (Å²) in [6, 6.07) is 1.96. The highest BCUT2D eigenvalue weighted by Crippen LogP contribution is 2.49. The van der Waals surface area contributed by atoms with Crippen molar-refractivity contribution in [3.05, 3.63) is 11.9 Å². The van der Waals surface area contributed by atoms with Crippen LogP contribution in [0.5, 0.6) is 0 Å². The molecule has 1 saturated carbocycles. The van der Waals surface area contributed by atoms with Crippen molar-refractivity contribution < 1.29 is 4.74 Å². The van der Waals surface area contributed by atoms with E-state index in [1.54, 1.807) is 0 Å². The molecule has 0 radical (unpaired) electrons. The van der Waals surface area contributed by atoms with Gasteiger partial charge in [-0.2, -0.15) is 0 Å². The summed E-state index contributed by atoms with van der Waals surface area (Å²) in [4.78, 5) is 8.92. The molecule has 112 valence electrons. The van der Waals surface area contributed by atoms with Crippen molar-refractivity contribution in [2.45, 2.75) is 46.1 Å². The Morgan fingerprint density at radius 2 is 2.00 bits per heavy atom. The maximum atomic E-state index is 5.39. The van der Waals surface area contributed by atoms with Crippen LogP contribution in [0.3, 0.4) is 0 Å². The smallest absolute Gasteiger partial charge is 0.158 e. The summed E-state index contributed by atoms with van der Waals surface area (Å²) in [5, 5.41) is 6.55. The third-order valence-electron chi connectivity index (χ3n) is 3.85. The van der Waals surface area contributed by atoms with Crippen LogP contribution in [0, 0.1) is 5.41 Å². The predicted molar refractivity (Wildman–Crippen MR) is 82.0 cm³/mol. The van der Waals surface area contributed by atoms with Crippen LogP contribution in [0.1, 0.15) is 45.4 Å². The molecule has 0 unspecified atom stereocenters. The highest BCUT2D eigenvalue weighted by molar-refractivity contribution is 5.47. The van der Waals surface area contributed by atoms with Crippen molar-refractivity contribution in [1.82, 2.24) is 9.97 Å². The fraction of sp³-hybridized carbons (Fsp3) is 0.733. The van der Waals surface area contributed by atoms with Gasteiger partial charge in [-0.1, -0.05) is 13.3 Å². The van der Waals surface area contributed by atoms with Crippen molar-refractivity contribution in [3.8, 4) is 0 Å². The Morgan fingerprint density at radius 3 is 2.60 bits per heavy atom. The number of hydrogen-bond acceptors (Lipinski definition) is 5. The Labute approximate surface area is 121 Å². The van der Waals surface area contributed by atoms with E-state index >= 15 is 0 Å². The van der Waals surface area contributed by atoms with Crippen LogP contribution >= 0.6 is 0 Å². The average molecular weight is 278 g/mol. The molecule has 1 aromatic rings. The Morgan fingerprint density at radius 1 is 1.25 bits per heavy atom. The number of anilines is 2. The van der Waals surface area contributed by atoms with Crippen LogP contribution < -0.4 is 10.6 Å². The Balaban J connectivity index is 1.99. The number of nitrogens with zero attached hydrogens (tertiary/aromatic N) is 2. The lowest BCUT2D eigenvalue weighted by Gasteiger charge is -2.16. The van der Waals surface area contributed by atoms with Gasteiger partial charge in [-0.25, -0.2) is 9.97 Å². The minimum absolute atomic E-state index is 0.459. The van der Waals surface area contributed by atoms with Gasteiger partial charge in [0.05, 0.1) is 0 Å². The Kier molecular flexibility index (Phi) is 5.17. The van der Waals surface area contributed by atoms with Crippen LogP contribution in [-0.2, 0) is 11.3 Å². The fourth-order valence-electron chi connectivity index (χ4n) is 2.47. The number of ether oxygens (including phenoxy) is 1. The average Bonchev–Trinajstić information content (AvgIpc) is 3.23. The summed E-state index contributed by atoms with van der Waals surface area (Å²) < 4.78 is 5.39. The fourth-order valence-corrected chi connectivity index (χ4v) is 2.47. The molecule has 0 spiro atoms. The molecule has 20 heavy (non-hydrogen) atoms. The van der Waals surface area contributed by atoms with Gasteiger partial charge in [0, 0.05) is 26.3 Å². The van der Waals surface area contributed by atoms with Crippen molar-refractivity contribution in [3.63, 3.8) is 0 Å². The summed E-state index contributed by atoms with van der Waals surface area (Å²) in [6.45, 7) is 6.37. The van der Waals surface area contributed by atoms with Crippen LogP contribution in [0.4, 0.5) is 11.6 Å². The zero-order chi connectivity index (χ0) is 14.4. The Bertz CT molecular complexity index is 432. The van der Waals surface area contributed by atoms with E-state index < -0.39 is 0 Å². The molecule has 2 rings (SSSR count). The van der Waals surface area contributed by atoms with Gasteiger partial charge in [0.2, 0.25) is 0 Å². The predicted octanol–water partition coefficient (Wildman–Crippen LogP) is 3.05. The summed E-state index contributed by atoms with van der Waals surface area (Å²) in [6.07, 6.45) is 5.23. The minimum atomic E-state index is 0.459. The van der Waals surface area contributed by atoms with E-state index in [2.05, 4.69) is 27.5 Å². The normalized spacial score (nSPS) is 15.9. The molecule has 1 fully saturated rings. The van der Waals surface area contributed by atoms with E-state index in [1.165, 1.54) is 25.7 Å². The lowest BCUT2D eigenvalue weighted by molar-refractivity contribution is 0.128. The molecule has 0 aromatic carbocycles. The van der Waals surface area contributed by atoms with E-state index in [-0.39, 0.29) is 0 Å². The number of hydrogen-bond donors (Lipinski definition) is 2. The number of nitrogens with one attached hydrogen (secondary N) is 2. The van der Waals surface area contributed by atoms with Crippen LogP contribution in [-0.4, -0.2) is 30.2 Å².